The Kier molecular flexibility index (Phi) is 4.29. The number of nitriles is 1. The van der Waals surface area contributed by atoms with Gasteiger partial charge in [-0.05, 0) is 35.4 Å². The molecule has 0 saturated carbocycles. The molecule has 2 aromatic rings. The fraction of sp³-hybridized carbons (Fsp3) is 0.188. The zero-order valence-corrected chi connectivity index (χ0v) is 11.9. The van der Waals surface area contributed by atoms with Crippen molar-refractivity contribution in [2.24, 2.45) is 0 Å². The molecular weight excluding hydrogens is 273 g/mol. The normalized spacial score (nSPS) is 9.86. The molecule has 0 spiro atoms. The van der Waals surface area contributed by atoms with Crippen LogP contribution in [0.2, 0.25) is 0 Å². The molecule has 108 valence electrons. The molecule has 5 heteroatoms. The molecule has 0 radical (unpaired) electrons. The summed E-state index contributed by atoms with van der Waals surface area (Å²) in [7, 11) is 4.54. The number of benzene rings is 2. The van der Waals surface area contributed by atoms with Crippen molar-refractivity contribution in [3.05, 3.63) is 41.7 Å². The average Bonchev–Trinajstić information content (AvgIpc) is 2.53. The summed E-state index contributed by atoms with van der Waals surface area (Å²) in [5, 5.41) is 8.77. The second-order valence-corrected chi connectivity index (χ2v) is 4.22. The second kappa shape index (κ2) is 6.14. The molecule has 0 atom stereocenters. The molecule has 2 rings (SSSR count). The van der Waals surface area contributed by atoms with E-state index in [1.807, 2.05) is 0 Å². The fourth-order valence-electron chi connectivity index (χ4n) is 2.03. The van der Waals surface area contributed by atoms with Gasteiger partial charge in [0.2, 0.25) is 5.75 Å². The van der Waals surface area contributed by atoms with Gasteiger partial charge in [0.15, 0.2) is 11.5 Å². The number of hydrogen-bond donors (Lipinski definition) is 0. The molecule has 0 aromatic heterocycles. The molecule has 0 fully saturated rings. The molecule has 0 unspecified atom stereocenters. The Labute approximate surface area is 122 Å². The Balaban J connectivity index is 2.59. The van der Waals surface area contributed by atoms with Gasteiger partial charge in [-0.25, -0.2) is 4.39 Å². The predicted octanol–water partition coefficient (Wildman–Crippen LogP) is 3.39. The molecule has 0 aliphatic carbocycles. The minimum absolute atomic E-state index is 0.00573. The number of rotatable bonds is 4. The van der Waals surface area contributed by atoms with Crippen LogP contribution in [0.5, 0.6) is 17.2 Å². The molecule has 0 bridgehead atoms. The van der Waals surface area contributed by atoms with E-state index in [1.165, 1.54) is 33.5 Å². The molecule has 2 aromatic carbocycles. The highest BCUT2D eigenvalue weighted by Gasteiger charge is 2.14. The minimum atomic E-state index is -0.566. The van der Waals surface area contributed by atoms with Gasteiger partial charge in [0.25, 0.3) is 0 Å². The van der Waals surface area contributed by atoms with E-state index in [2.05, 4.69) is 0 Å². The Morgan fingerprint density at radius 2 is 1.52 bits per heavy atom. The maximum absolute atomic E-state index is 13.7. The lowest BCUT2D eigenvalue weighted by molar-refractivity contribution is 0.324. The van der Waals surface area contributed by atoms with Crippen LogP contribution in [0.25, 0.3) is 11.1 Å². The first-order valence-corrected chi connectivity index (χ1v) is 6.14. The first-order valence-electron chi connectivity index (χ1n) is 6.14. The van der Waals surface area contributed by atoms with Crippen LogP contribution < -0.4 is 14.2 Å². The van der Waals surface area contributed by atoms with Gasteiger partial charge in [-0.3, -0.25) is 0 Å². The van der Waals surface area contributed by atoms with E-state index in [9.17, 15) is 4.39 Å². The maximum atomic E-state index is 13.7. The summed E-state index contributed by atoms with van der Waals surface area (Å²) in [4.78, 5) is 0. The van der Waals surface area contributed by atoms with Gasteiger partial charge in [-0.1, -0.05) is 6.07 Å². The lowest BCUT2D eigenvalue weighted by Gasteiger charge is -2.14. The molecule has 0 N–H and O–H groups in total. The topological polar surface area (TPSA) is 51.5 Å². The van der Waals surface area contributed by atoms with Crippen LogP contribution in [0, 0.1) is 17.1 Å². The number of halogens is 1. The number of hydrogen-bond acceptors (Lipinski definition) is 4. The van der Waals surface area contributed by atoms with Crippen molar-refractivity contribution in [3.63, 3.8) is 0 Å². The summed E-state index contributed by atoms with van der Waals surface area (Å²) < 4.78 is 29.5. The molecule has 21 heavy (non-hydrogen) atoms. The minimum Gasteiger partial charge on any atom is -0.493 e. The summed E-state index contributed by atoms with van der Waals surface area (Å²) >= 11 is 0. The van der Waals surface area contributed by atoms with Gasteiger partial charge in [0, 0.05) is 0 Å². The van der Waals surface area contributed by atoms with Gasteiger partial charge in [0.1, 0.15) is 11.9 Å². The first kappa shape index (κ1) is 14.7. The second-order valence-electron chi connectivity index (χ2n) is 4.22. The van der Waals surface area contributed by atoms with Gasteiger partial charge >= 0.3 is 0 Å². The van der Waals surface area contributed by atoms with Crippen molar-refractivity contribution in [3.8, 4) is 34.4 Å². The quantitative estimate of drug-likeness (QED) is 0.865. The Morgan fingerprint density at radius 3 is 1.95 bits per heavy atom. The van der Waals surface area contributed by atoms with E-state index in [1.54, 1.807) is 24.3 Å². The lowest BCUT2D eigenvalue weighted by atomic mass is 10.0. The first-order chi connectivity index (χ1) is 10.1. The van der Waals surface area contributed by atoms with Crippen molar-refractivity contribution in [1.29, 1.82) is 5.26 Å². The van der Waals surface area contributed by atoms with Crippen LogP contribution in [0.3, 0.4) is 0 Å². The third kappa shape index (κ3) is 2.75. The molecule has 4 nitrogen and oxygen atoms in total. The van der Waals surface area contributed by atoms with E-state index in [0.29, 0.717) is 28.4 Å². The Morgan fingerprint density at radius 1 is 0.905 bits per heavy atom. The maximum Gasteiger partial charge on any atom is 0.203 e. The van der Waals surface area contributed by atoms with Crippen molar-refractivity contribution in [2.75, 3.05) is 21.3 Å². The van der Waals surface area contributed by atoms with E-state index in [0.717, 1.165) is 0 Å². The molecule has 0 heterocycles. The third-order valence-corrected chi connectivity index (χ3v) is 3.09. The summed E-state index contributed by atoms with van der Waals surface area (Å²) in [5.74, 6) is 0.870. The highest BCUT2D eigenvalue weighted by atomic mass is 19.1. The van der Waals surface area contributed by atoms with E-state index in [-0.39, 0.29) is 5.56 Å². The fourth-order valence-corrected chi connectivity index (χ4v) is 2.03. The summed E-state index contributed by atoms with van der Waals surface area (Å²) in [6.07, 6.45) is 0. The predicted molar refractivity (Wildman–Crippen MR) is 76.2 cm³/mol. The smallest absolute Gasteiger partial charge is 0.203 e. The monoisotopic (exact) mass is 287 g/mol. The highest BCUT2D eigenvalue weighted by molar-refractivity contribution is 5.71. The third-order valence-electron chi connectivity index (χ3n) is 3.09. The van der Waals surface area contributed by atoms with E-state index < -0.39 is 5.82 Å². The molecule has 0 saturated heterocycles. The van der Waals surface area contributed by atoms with Crippen LogP contribution in [0.1, 0.15) is 5.56 Å². The van der Waals surface area contributed by atoms with Crippen molar-refractivity contribution < 1.29 is 18.6 Å². The van der Waals surface area contributed by atoms with E-state index in [4.69, 9.17) is 19.5 Å². The van der Waals surface area contributed by atoms with Gasteiger partial charge in [-0.15, -0.1) is 0 Å². The summed E-state index contributed by atoms with van der Waals surface area (Å²) in [5.41, 5.74) is 1.32. The number of ether oxygens (including phenoxy) is 3. The van der Waals surface area contributed by atoms with Crippen LogP contribution in [-0.2, 0) is 0 Å². The molecular formula is C16H14FNO3. The standard InChI is InChI=1S/C16H14FNO3/c1-19-14-7-12(8-15(20-2)16(14)21-3)10-4-5-11(9-18)13(17)6-10/h4-8H,1-3H3. The van der Waals surface area contributed by atoms with Crippen molar-refractivity contribution >= 4 is 0 Å². The zero-order chi connectivity index (χ0) is 15.4. The number of nitrogens with zero attached hydrogens (tertiary/aromatic N) is 1. The Bertz CT molecular complexity index is 682. The van der Waals surface area contributed by atoms with Gasteiger partial charge < -0.3 is 14.2 Å². The van der Waals surface area contributed by atoms with Crippen LogP contribution in [0.15, 0.2) is 30.3 Å². The highest BCUT2D eigenvalue weighted by Crippen LogP contribution is 2.41. The van der Waals surface area contributed by atoms with Crippen molar-refractivity contribution in [2.45, 2.75) is 0 Å². The lowest BCUT2D eigenvalue weighted by Crippen LogP contribution is -1.96. The largest absolute Gasteiger partial charge is 0.493 e. The summed E-state index contributed by atoms with van der Waals surface area (Å²) in [6, 6.07) is 9.65. The van der Waals surface area contributed by atoms with E-state index >= 15 is 0 Å². The zero-order valence-electron chi connectivity index (χ0n) is 11.9. The van der Waals surface area contributed by atoms with Crippen LogP contribution in [-0.4, -0.2) is 21.3 Å². The Hall–Kier alpha value is -2.74. The summed E-state index contributed by atoms with van der Waals surface area (Å²) in [6.45, 7) is 0. The molecule has 0 aliphatic rings. The number of methoxy groups -OCH3 is 3. The van der Waals surface area contributed by atoms with Gasteiger partial charge in [-0.2, -0.15) is 5.26 Å². The SMILES string of the molecule is COc1cc(-c2ccc(C#N)c(F)c2)cc(OC)c1OC. The van der Waals surface area contributed by atoms with Crippen molar-refractivity contribution in [1.82, 2.24) is 0 Å². The molecule has 0 amide bonds. The van der Waals surface area contributed by atoms with Crippen LogP contribution >= 0.6 is 0 Å². The molecule has 0 aliphatic heterocycles. The average molecular weight is 287 g/mol. The van der Waals surface area contributed by atoms with Gasteiger partial charge in [0.05, 0.1) is 26.9 Å². The van der Waals surface area contributed by atoms with Crippen LogP contribution in [0.4, 0.5) is 4.39 Å².